The summed E-state index contributed by atoms with van der Waals surface area (Å²) in [6.07, 6.45) is 3.20. The summed E-state index contributed by atoms with van der Waals surface area (Å²) in [5.41, 5.74) is 1.96. The molecule has 2 aromatic rings. The van der Waals surface area contributed by atoms with Crippen molar-refractivity contribution in [1.82, 2.24) is 4.90 Å². The normalized spacial score (nSPS) is 15.1. The first-order valence-corrected chi connectivity index (χ1v) is 8.26. The summed E-state index contributed by atoms with van der Waals surface area (Å²) in [7, 11) is 0. The number of anilines is 1. The fourth-order valence-corrected chi connectivity index (χ4v) is 3.13. The number of benzene rings is 1. The Kier molecular flexibility index (Phi) is 4.77. The molecule has 6 heteroatoms. The maximum absolute atomic E-state index is 12.5. The molecule has 1 fully saturated rings. The Balaban J connectivity index is 1.61. The highest BCUT2D eigenvalue weighted by atomic mass is 35.5. The Morgan fingerprint density at radius 3 is 2.75 bits per heavy atom. The average Bonchev–Trinajstić information content (AvgIpc) is 3.02. The van der Waals surface area contributed by atoms with Crippen LogP contribution in [0.5, 0.6) is 0 Å². The van der Waals surface area contributed by atoms with Gasteiger partial charge in [0.1, 0.15) is 11.8 Å². The van der Waals surface area contributed by atoms with E-state index in [2.05, 4.69) is 11.4 Å². The predicted octanol–water partition coefficient (Wildman–Crippen LogP) is 3.83. The largest absolute Gasteiger partial charge is 0.469 e. The number of hydrogen-bond donors (Lipinski definition) is 1. The van der Waals surface area contributed by atoms with Crippen LogP contribution >= 0.6 is 11.6 Å². The molecule has 1 aliphatic rings. The summed E-state index contributed by atoms with van der Waals surface area (Å²) in [6, 6.07) is 9.35. The molecule has 24 heavy (non-hydrogen) atoms. The number of hydrogen-bond acceptors (Lipinski definition) is 4. The van der Waals surface area contributed by atoms with Crippen molar-refractivity contribution >= 4 is 23.2 Å². The lowest BCUT2D eigenvalue weighted by molar-refractivity contribution is 0.0716. The minimum atomic E-state index is 0.0175. The second-order valence-corrected chi connectivity index (χ2v) is 6.34. The summed E-state index contributed by atoms with van der Waals surface area (Å²) < 4.78 is 5.21. The molecule has 5 nitrogen and oxygen atoms in total. The van der Waals surface area contributed by atoms with Crippen molar-refractivity contribution in [3.63, 3.8) is 0 Å². The van der Waals surface area contributed by atoms with Crippen LogP contribution < -0.4 is 5.32 Å². The minimum absolute atomic E-state index is 0.0175. The topological polar surface area (TPSA) is 69.3 Å². The van der Waals surface area contributed by atoms with Crippen LogP contribution in [0.25, 0.3) is 0 Å². The third kappa shape index (κ3) is 3.39. The number of aryl methyl sites for hydroxylation is 1. The zero-order valence-corrected chi connectivity index (χ0v) is 14.1. The number of amides is 1. The maximum Gasteiger partial charge on any atom is 0.257 e. The van der Waals surface area contributed by atoms with Crippen LogP contribution in [0.3, 0.4) is 0 Å². The molecule has 0 bridgehead atoms. The van der Waals surface area contributed by atoms with Gasteiger partial charge in [-0.2, -0.15) is 5.26 Å². The first-order valence-electron chi connectivity index (χ1n) is 7.88. The van der Waals surface area contributed by atoms with Gasteiger partial charge in [0, 0.05) is 24.2 Å². The van der Waals surface area contributed by atoms with Gasteiger partial charge in [-0.05, 0) is 44.0 Å². The number of furan rings is 1. The quantitative estimate of drug-likeness (QED) is 0.919. The van der Waals surface area contributed by atoms with Gasteiger partial charge in [-0.25, -0.2) is 0 Å². The summed E-state index contributed by atoms with van der Waals surface area (Å²) in [6.45, 7) is 3.15. The molecule has 2 heterocycles. The van der Waals surface area contributed by atoms with Crippen molar-refractivity contribution in [2.75, 3.05) is 18.4 Å². The van der Waals surface area contributed by atoms with Gasteiger partial charge in [0.25, 0.3) is 5.91 Å². The van der Waals surface area contributed by atoms with Gasteiger partial charge in [-0.3, -0.25) is 4.79 Å². The van der Waals surface area contributed by atoms with E-state index in [-0.39, 0.29) is 11.9 Å². The third-order valence-electron chi connectivity index (χ3n) is 4.33. The third-order valence-corrected chi connectivity index (χ3v) is 4.57. The molecule has 0 unspecified atom stereocenters. The van der Waals surface area contributed by atoms with Gasteiger partial charge < -0.3 is 14.6 Å². The monoisotopic (exact) mass is 343 g/mol. The lowest BCUT2D eigenvalue weighted by atomic mass is 10.0. The fraction of sp³-hybridized carbons (Fsp3) is 0.333. The Labute approximate surface area is 145 Å². The number of carbonyl (C=O) groups is 1. The number of piperidine rings is 1. The van der Waals surface area contributed by atoms with E-state index in [1.165, 1.54) is 0 Å². The number of likely N-dealkylation sites (tertiary alicyclic amines) is 1. The van der Waals surface area contributed by atoms with Crippen LogP contribution in [0.4, 0.5) is 5.69 Å². The van der Waals surface area contributed by atoms with E-state index in [0.29, 0.717) is 35.0 Å². The highest BCUT2D eigenvalue weighted by Crippen LogP contribution is 2.24. The van der Waals surface area contributed by atoms with Crippen molar-refractivity contribution < 1.29 is 9.21 Å². The van der Waals surface area contributed by atoms with E-state index in [4.69, 9.17) is 16.0 Å². The van der Waals surface area contributed by atoms with Gasteiger partial charge >= 0.3 is 0 Å². The Morgan fingerprint density at radius 2 is 2.12 bits per heavy atom. The molecule has 0 saturated carbocycles. The fourth-order valence-electron chi connectivity index (χ4n) is 2.96. The molecule has 0 spiro atoms. The summed E-state index contributed by atoms with van der Waals surface area (Å²) in [5.74, 6) is 0.670. The van der Waals surface area contributed by atoms with Gasteiger partial charge in [0.2, 0.25) is 0 Å². The number of halogens is 1. The maximum atomic E-state index is 12.5. The molecular weight excluding hydrogens is 326 g/mol. The standard InChI is InChI=1S/C18H18ClN3O2/c1-12-16(6-9-24-12)18(23)22-7-4-15(5-8-22)21-17-3-2-14(19)10-13(17)11-20/h2-3,6,9-10,15,21H,4-5,7-8H2,1H3. The van der Waals surface area contributed by atoms with Crippen LogP contribution in [0.15, 0.2) is 34.9 Å². The van der Waals surface area contributed by atoms with Crippen LogP contribution in [-0.4, -0.2) is 29.9 Å². The summed E-state index contributed by atoms with van der Waals surface area (Å²) >= 11 is 5.92. The van der Waals surface area contributed by atoms with Crippen LogP contribution in [0, 0.1) is 18.3 Å². The van der Waals surface area contributed by atoms with Crippen LogP contribution in [0.1, 0.15) is 34.5 Å². The molecule has 1 amide bonds. The highest BCUT2D eigenvalue weighted by molar-refractivity contribution is 6.30. The number of nitrogens with one attached hydrogen (secondary N) is 1. The molecule has 1 aromatic heterocycles. The Bertz CT molecular complexity index is 786. The van der Waals surface area contributed by atoms with Crippen molar-refractivity contribution in [1.29, 1.82) is 5.26 Å². The van der Waals surface area contributed by atoms with E-state index in [0.717, 1.165) is 18.5 Å². The number of carbonyl (C=O) groups excluding carboxylic acids is 1. The molecule has 1 aromatic carbocycles. The molecule has 3 rings (SSSR count). The average molecular weight is 344 g/mol. The molecule has 1 N–H and O–H groups in total. The van der Waals surface area contributed by atoms with Gasteiger partial charge in [-0.15, -0.1) is 0 Å². The molecule has 0 radical (unpaired) electrons. The molecule has 1 aliphatic heterocycles. The van der Waals surface area contributed by atoms with Crippen molar-refractivity contribution in [2.24, 2.45) is 0 Å². The highest BCUT2D eigenvalue weighted by Gasteiger charge is 2.25. The Morgan fingerprint density at radius 1 is 1.38 bits per heavy atom. The second kappa shape index (κ2) is 6.98. The zero-order valence-electron chi connectivity index (χ0n) is 13.4. The lowest BCUT2D eigenvalue weighted by Gasteiger charge is -2.33. The van der Waals surface area contributed by atoms with Gasteiger partial charge in [-0.1, -0.05) is 11.6 Å². The number of rotatable bonds is 3. The van der Waals surface area contributed by atoms with Crippen molar-refractivity contribution in [3.8, 4) is 6.07 Å². The first kappa shape index (κ1) is 16.4. The molecule has 0 atom stereocenters. The van der Waals surface area contributed by atoms with Gasteiger partial charge in [0.05, 0.1) is 23.1 Å². The number of nitrogens with zero attached hydrogens (tertiary/aromatic N) is 2. The van der Waals surface area contributed by atoms with Crippen molar-refractivity contribution in [2.45, 2.75) is 25.8 Å². The smallest absolute Gasteiger partial charge is 0.257 e. The second-order valence-electron chi connectivity index (χ2n) is 5.90. The Hall–Kier alpha value is -2.45. The van der Waals surface area contributed by atoms with Gasteiger partial charge in [0.15, 0.2) is 0 Å². The molecule has 124 valence electrons. The van der Waals surface area contributed by atoms with E-state index in [9.17, 15) is 10.1 Å². The predicted molar refractivity (Wildman–Crippen MR) is 92.2 cm³/mol. The molecular formula is C18H18ClN3O2. The summed E-state index contributed by atoms with van der Waals surface area (Å²) in [4.78, 5) is 14.3. The zero-order chi connectivity index (χ0) is 17.1. The molecule has 1 saturated heterocycles. The van der Waals surface area contributed by atoms with E-state index < -0.39 is 0 Å². The van der Waals surface area contributed by atoms with E-state index in [1.54, 1.807) is 31.4 Å². The van der Waals surface area contributed by atoms with E-state index >= 15 is 0 Å². The van der Waals surface area contributed by atoms with Crippen LogP contribution in [-0.2, 0) is 0 Å². The van der Waals surface area contributed by atoms with E-state index in [1.807, 2.05) is 11.0 Å². The number of nitriles is 1. The SMILES string of the molecule is Cc1occc1C(=O)N1CCC(Nc2ccc(Cl)cc2C#N)CC1. The molecule has 0 aliphatic carbocycles. The first-order chi connectivity index (χ1) is 11.6. The van der Waals surface area contributed by atoms with Crippen molar-refractivity contribution in [3.05, 3.63) is 52.4 Å². The summed E-state index contributed by atoms with van der Waals surface area (Å²) in [5, 5.41) is 13.2. The lowest BCUT2D eigenvalue weighted by Crippen LogP contribution is -2.42. The van der Waals surface area contributed by atoms with Crippen LogP contribution in [0.2, 0.25) is 5.02 Å². The minimum Gasteiger partial charge on any atom is -0.469 e.